The number of fused-ring (bicyclic) bond motifs is 1. The van der Waals surface area contributed by atoms with Crippen LogP contribution in [0.2, 0.25) is 0 Å². The fourth-order valence-corrected chi connectivity index (χ4v) is 3.96. The Kier molecular flexibility index (Phi) is 3.51. The average Bonchev–Trinajstić information content (AvgIpc) is 2.95. The van der Waals surface area contributed by atoms with Crippen LogP contribution in [0.25, 0.3) is 0 Å². The number of nitrogens with one attached hydrogen (secondary N) is 1. The van der Waals surface area contributed by atoms with Gasteiger partial charge in [0, 0.05) is 31.5 Å². The lowest BCUT2D eigenvalue weighted by molar-refractivity contribution is -0.117. The van der Waals surface area contributed by atoms with Crippen molar-refractivity contribution < 1.29 is 15.0 Å². The molecule has 1 amide bonds. The van der Waals surface area contributed by atoms with Crippen molar-refractivity contribution in [1.82, 2.24) is 10.2 Å². The summed E-state index contributed by atoms with van der Waals surface area (Å²) in [7, 11) is 0. The standard InChI is InChI=1S/C16H22N2O3/c1-15(21)9-17-16(10-19,12-5-3-2-4-6-12)14-8-18(11-20)7-13(14)15/h2-6,11,13-14,17,19,21H,7-10H2,1H3/t13-,14+,15-,16+/m0/s1. The normalized spacial score (nSPS) is 39.1. The highest BCUT2D eigenvalue weighted by atomic mass is 16.3. The number of piperidine rings is 1. The number of carbonyl (C=O) groups excluding carboxylic acids is 1. The molecule has 3 N–H and O–H groups in total. The first-order valence-electron chi connectivity index (χ1n) is 7.36. The number of aliphatic hydroxyl groups is 2. The molecule has 4 atom stereocenters. The molecule has 21 heavy (non-hydrogen) atoms. The van der Waals surface area contributed by atoms with Crippen molar-refractivity contribution >= 4 is 6.41 Å². The van der Waals surface area contributed by atoms with Gasteiger partial charge in [-0.25, -0.2) is 0 Å². The maximum absolute atomic E-state index is 11.2. The van der Waals surface area contributed by atoms with Gasteiger partial charge in [-0.15, -0.1) is 0 Å². The highest BCUT2D eigenvalue weighted by Gasteiger charge is 2.57. The van der Waals surface area contributed by atoms with Gasteiger partial charge in [0.25, 0.3) is 0 Å². The summed E-state index contributed by atoms with van der Waals surface area (Å²) in [6.45, 7) is 3.24. The number of hydrogen-bond donors (Lipinski definition) is 3. The van der Waals surface area contributed by atoms with E-state index >= 15 is 0 Å². The van der Waals surface area contributed by atoms with E-state index in [1.807, 2.05) is 30.3 Å². The Morgan fingerprint density at radius 1 is 1.33 bits per heavy atom. The molecule has 5 nitrogen and oxygen atoms in total. The van der Waals surface area contributed by atoms with Gasteiger partial charge in [-0.05, 0) is 12.5 Å². The first-order chi connectivity index (χ1) is 10.0. The highest BCUT2D eigenvalue weighted by molar-refractivity contribution is 5.48. The molecule has 0 saturated carbocycles. The predicted molar refractivity (Wildman–Crippen MR) is 78.4 cm³/mol. The van der Waals surface area contributed by atoms with Crippen molar-refractivity contribution in [3.63, 3.8) is 0 Å². The molecule has 3 rings (SSSR count). The van der Waals surface area contributed by atoms with Crippen molar-refractivity contribution in [3.05, 3.63) is 35.9 Å². The third kappa shape index (κ3) is 2.16. The van der Waals surface area contributed by atoms with E-state index in [2.05, 4.69) is 5.32 Å². The van der Waals surface area contributed by atoms with Gasteiger partial charge in [-0.2, -0.15) is 0 Å². The summed E-state index contributed by atoms with van der Waals surface area (Å²) < 4.78 is 0. The van der Waals surface area contributed by atoms with Crippen molar-refractivity contribution in [2.24, 2.45) is 11.8 Å². The van der Waals surface area contributed by atoms with E-state index in [-0.39, 0.29) is 18.4 Å². The third-order valence-corrected chi connectivity index (χ3v) is 5.23. The molecule has 2 aliphatic rings. The Labute approximate surface area is 124 Å². The summed E-state index contributed by atoms with van der Waals surface area (Å²) in [6.07, 6.45) is 0.835. The van der Waals surface area contributed by atoms with Crippen molar-refractivity contribution in [3.8, 4) is 0 Å². The summed E-state index contributed by atoms with van der Waals surface area (Å²) in [6, 6.07) is 9.82. The zero-order valence-corrected chi connectivity index (χ0v) is 12.2. The van der Waals surface area contributed by atoms with Gasteiger partial charge in [0.15, 0.2) is 0 Å². The largest absolute Gasteiger partial charge is 0.394 e. The predicted octanol–water partition coefficient (Wildman–Crippen LogP) is -0.0672. The lowest BCUT2D eigenvalue weighted by atomic mass is 9.65. The van der Waals surface area contributed by atoms with Gasteiger partial charge in [0.2, 0.25) is 6.41 Å². The van der Waals surface area contributed by atoms with Crippen molar-refractivity contribution in [2.75, 3.05) is 26.2 Å². The number of amides is 1. The smallest absolute Gasteiger partial charge is 0.209 e. The molecule has 1 aromatic rings. The molecule has 0 spiro atoms. The maximum atomic E-state index is 11.2. The average molecular weight is 290 g/mol. The number of β-amino-alcohol motifs (C(OH)–C–C–N with tert-alkyl or cyclic N) is 1. The minimum atomic E-state index is -0.879. The highest BCUT2D eigenvalue weighted by Crippen LogP contribution is 2.46. The van der Waals surface area contributed by atoms with Crippen LogP contribution in [-0.2, 0) is 10.3 Å². The monoisotopic (exact) mass is 290 g/mol. The van der Waals surface area contributed by atoms with Crippen LogP contribution in [0, 0.1) is 11.8 Å². The fraction of sp³-hybridized carbons (Fsp3) is 0.562. The number of nitrogens with zero attached hydrogens (tertiary/aromatic N) is 1. The number of hydrogen-bond acceptors (Lipinski definition) is 4. The van der Waals surface area contributed by atoms with E-state index in [0.29, 0.717) is 19.6 Å². The lowest BCUT2D eigenvalue weighted by Gasteiger charge is -2.51. The summed E-state index contributed by atoms with van der Waals surface area (Å²) in [4.78, 5) is 12.9. The van der Waals surface area contributed by atoms with Crippen LogP contribution in [0.4, 0.5) is 0 Å². The zero-order chi connectivity index (χ0) is 15.1. The molecule has 2 aliphatic heterocycles. The van der Waals surface area contributed by atoms with E-state index in [0.717, 1.165) is 12.0 Å². The third-order valence-electron chi connectivity index (χ3n) is 5.23. The molecule has 2 heterocycles. The van der Waals surface area contributed by atoms with Gasteiger partial charge in [0.1, 0.15) is 0 Å². The van der Waals surface area contributed by atoms with Crippen LogP contribution >= 0.6 is 0 Å². The first-order valence-corrected chi connectivity index (χ1v) is 7.36. The zero-order valence-electron chi connectivity index (χ0n) is 12.2. The quantitative estimate of drug-likeness (QED) is 0.682. The van der Waals surface area contributed by atoms with Crippen molar-refractivity contribution in [2.45, 2.75) is 18.1 Å². The molecule has 0 radical (unpaired) electrons. The second-order valence-electron chi connectivity index (χ2n) is 6.48. The van der Waals surface area contributed by atoms with E-state index in [9.17, 15) is 15.0 Å². The summed E-state index contributed by atoms with van der Waals surface area (Å²) in [5.74, 6) is -0.0600. The van der Waals surface area contributed by atoms with Crippen LogP contribution in [-0.4, -0.2) is 53.4 Å². The molecule has 0 bridgehead atoms. The molecule has 0 unspecified atom stereocenters. The van der Waals surface area contributed by atoms with Gasteiger partial charge < -0.3 is 20.4 Å². The van der Waals surface area contributed by atoms with E-state index in [1.54, 1.807) is 11.8 Å². The Balaban J connectivity index is 2.04. The van der Waals surface area contributed by atoms with E-state index in [1.165, 1.54) is 0 Å². The minimum absolute atomic E-state index is 0.0150. The van der Waals surface area contributed by atoms with E-state index in [4.69, 9.17) is 0 Å². The maximum Gasteiger partial charge on any atom is 0.209 e. The Hall–Kier alpha value is -1.43. The van der Waals surface area contributed by atoms with Gasteiger partial charge in [0.05, 0.1) is 17.7 Å². The topological polar surface area (TPSA) is 72.8 Å². The molecule has 0 aromatic heterocycles. The second kappa shape index (κ2) is 5.09. The number of carbonyl (C=O) groups is 1. The number of aliphatic hydroxyl groups excluding tert-OH is 1. The Morgan fingerprint density at radius 3 is 2.62 bits per heavy atom. The summed E-state index contributed by atoms with van der Waals surface area (Å²) in [5.41, 5.74) is -0.479. The van der Waals surface area contributed by atoms with Gasteiger partial charge in [-0.1, -0.05) is 30.3 Å². The van der Waals surface area contributed by atoms with E-state index < -0.39 is 11.1 Å². The molecule has 5 heteroatoms. The Bertz CT molecular complexity index is 520. The minimum Gasteiger partial charge on any atom is -0.394 e. The van der Waals surface area contributed by atoms with Crippen LogP contribution in [0.3, 0.4) is 0 Å². The van der Waals surface area contributed by atoms with Crippen LogP contribution in [0.5, 0.6) is 0 Å². The molecular formula is C16H22N2O3. The molecule has 2 fully saturated rings. The van der Waals surface area contributed by atoms with Crippen molar-refractivity contribution in [1.29, 1.82) is 0 Å². The van der Waals surface area contributed by atoms with Crippen LogP contribution in [0.1, 0.15) is 12.5 Å². The van der Waals surface area contributed by atoms with Gasteiger partial charge >= 0.3 is 0 Å². The van der Waals surface area contributed by atoms with Crippen LogP contribution in [0.15, 0.2) is 30.3 Å². The number of likely N-dealkylation sites (tertiary alicyclic amines) is 1. The Morgan fingerprint density at radius 2 is 2.00 bits per heavy atom. The van der Waals surface area contributed by atoms with Gasteiger partial charge in [-0.3, -0.25) is 4.79 Å². The lowest BCUT2D eigenvalue weighted by Crippen LogP contribution is -2.66. The molecule has 0 aliphatic carbocycles. The molecule has 1 aromatic carbocycles. The summed E-state index contributed by atoms with van der Waals surface area (Å²) >= 11 is 0. The van der Waals surface area contributed by atoms with Crippen LogP contribution < -0.4 is 5.32 Å². The fourth-order valence-electron chi connectivity index (χ4n) is 3.96. The molecular weight excluding hydrogens is 268 g/mol. The second-order valence-corrected chi connectivity index (χ2v) is 6.48. The SMILES string of the molecule is C[C@]1(O)CN[C@](CO)(c2ccccc2)[C@@H]2CN(C=O)C[C@@H]21. The number of benzene rings is 1. The first kappa shape index (κ1) is 14.5. The molecule has 2 saturated heterocycles. The molecule has 114 valence electrons. The number of rotatable bonds is 3. The summed E-state index contributed by atoms with van der Waals surface area (Å²) in [5, 5.41) is 24.1.